The molecule has 0 aliphatic carbocycles. The highest BCUT2D eigenvalue weighted by Gasteiger charge is 2.27. The van der Waals surface area contributed by atoms with Gasteiger partial charge >= 0.3 is 0 Å². The average molecular weight is 316 g/mol. The van der Waals surface area contributed by atoms with Crippen LogP contribution >= 0.6 is 0 Å². The average Bonchev–Trinajstić information content (AvgIpc) is 3.15. The molecule has 2 N–H and O–H groups in total. The van der Waals surface area contributed by atoms with Crippen LogP contribution in [-0.2, 0) is 0 Å². The van der Waals surface area contributed by atoms with Crippen LogP contribution in [0.1, 0.15) is 23.2 Å². The van der Waals surface area contributed by atoms with Crippen molar-refractivity contribution < 1.29 is 15.0 Å². The molecule has 1 atom stereocenters. The summed E-state index contributed by atoms with van der Waals surface area (Å²) < 4.78 is 1.75. The molecule has 0 bridgehead atoms. The second kappa shape index (κ2) is 6.89. The lowest BCUT2D eigenvalue weighted by molar-refractivity contribution is 0.0179. The first-order valence-corrected chi connectivity index (χ1v) is 7.72. The van der Waals surface area contributed by atoms with Crippen molar-refractivity contribution in [2.75, 3.05) is 19.7 Å². The largest absolute Gasteiger partial charge is 0.394 e. The van der Waals surface area contributed by atoms with Gasteiger partial charge in [0.15, 0.2) is 0 Å². The Morgan fingerprint density at radius 3 is 2.61 bits per heavy atom. The number of hydrogen-bond donors (Lipinski definition) is 2. The number of likely N-dealkylation sites (tertiary alicyclic amines) is 1. The van der Waals surface area contributed by atoms with Gasteiger partial charge in [0.25, 0.3) is 5.91 Å². The highest BCUT2D eigenvalue weighted by molar-refractivity contribution is 5.94. The Morgan fingerprint density at radius 1 is 1.26 bits per heavy atom. The Morgan fingerprint density at radius 2 is 1.96 bits per heavy atom. The zero-order chi connectivity index (χ0) is 16.2. The lowest BCUT2D eigenvalue weighted by atomic mass is 9.91. The molecular weight excluding hydrogens is 296 g/mol. The second-order valence-electron chi connectivity index (χ2n) is 5.80. The van der Waals surface area contributed by atoms with Crippen LogP contribution in [0, 0.1) is 5.92 Å². The maximum atomic E-state index is 12.6. The topological polar surface area (TPSA) is 91.5 Å². The first-order valence-electron chi connectivity index (χ1n) is 7.72. The fourth-order valence-electron chi connectivity index (χ4n) is 2.95. The fourth-order valence-corrected chi connectivity index (χ4v) is 2.95. The number of aliphatic hydroxyl groups excluding tert-OH is 2. The van der Waals surface area contributed by atoms with Crippen molar-refractivity contribution in [1.82, 2.24) is 19.7 Å². The van der Waals surface area contributed by atoms with Crippen LogP contribution in [0.2, 0.25) is 0 Å². The van der Waals surface area contributed by atoms with Gasteiger partial charge in [-0.1, -0.05) is 6.07 Å². The van der Waals surface area contributed by atoms with Crippen molar-refractivity contribution in [3.63, 3.8) is 0 Å². The number of nitrogens with zero attached hydrogens (tertiary/aromatic N) is 4. The molecule has 7 nitrogen and oxygen atoms in total. The summed E-state index contributed by atoms with van der Waals surface area (Å²) in [5, 5.41) is 26.3. The summed E-state index contributed by atoms with van der Waals surface area (Å²) in [5.41, 5.74) is 1.46. The van der Waals surface area contributed by atoms with Crippen molar-refractivity contribution in [2.45, 2.75) is 18.9 Å². The number of piperidine rings is 1. The van der Waals surface area contributed by atoms with E-state index in [-0.39, 0.29) is 18.4 Å². The molecule has 1 unspecified atom stereocenters. The van der Waals surface area contributed by atoms with Gasteiger partial charge < -0.3 is 15.1 Å². The summed E-state index contributed by atoms with van der Waals surface area (Å²) in [6, 6.07) is 7.35. The Labute approximate surface area is 134 Å². The van der Waals surface area contributed by atoms with E-state index >= 15 is 0 Å². The van der Waals surface area contributed by atoms with Gasteiger partial charge in [-0.05, 0) is 37.0 Å². The van der Waals surface area contributed by atoms with E-state index < -0.39 is 6.10 Å². The van der Waals surface area contributed by atoms with Crippen LogP contribution in [-0.4, -0.2) is 61.6 Å². The van der Waals surface area contributed by atoms with E-state index in [1.54, 1.807) is 28.2 Å². The standard InChI is InChI=1S/C16H20N4O3/c21-9-15(22)12-4-6-19(7-5-12)16(23)13-2-1-3-14(8-13)20-10-17-18-11-20/h1-3,8,10-12,15,21-22H,4-7,9H2. The number of rotatable bonds is 4. The van der Waals surface area contributed by atoms with Gasteiger partial charge in [-0.25, -0.2) is 0 Å². The molecule has 1 fully saturated rings. The maximum absolute atomic E-state index is 12.6. The van der Waals surface area contributed by atoms with E-state index in [1.165, 1.54) is 0 Å². The predicted octanol–water partition coefficient (Wildman–Crippen LogP) is 0.473. The lowest BCUT2D eigenvalue weighted by Crippen LogP contribution is -2.42. The third-order valence-corrected chi connectivity index (χ3v) is 4.37. The van der Waals surface area contributed by atoms with Crippen LogP contribution in [0.15, 0.2) is 36.9 Å². The summed E-state index contributed by atoms with van der Waals surface area (Å²) in [6.07, 6.45) is 3.90. The molecule has 1 aromatic heterocycles. The summed E-state index contributed by atoms with van der Waals surface area (Å²) in [7, 11) is 0. The maximum Gasteiger partial charge on any atom is 0.253 e. The summed E-state index contributed by atoms with van der Waals surface area (Å²) in [5.74, 6) is 0.0456. The van der Waals surface area contributed by atoms with Gasteiger partial charge in [0.1, 0.15) is 12.7 Å². The SMILES string of the molecule is O=C(c1cccc(-n2cnnc2)c1)N1CCC(C(O)CO)CC1. The number of aliphatic hydroxyl groups is 2. The number of aromatic nitrogens is 3. The number of hydrogen-bond acceptors (Lipinski definition) is 5. The highest BCUT2D eigenvalue weighted by atomic mass is 16.3. The normalized spacial score (nSPS) is 17.2. The van der Waals surface area contributed by atoms with E-state index in [0.717, 1.165) is 5.69 Å². The van der Waals surface area contributed by atoms with Gasteiger partial charge in [-0.2, -0.15) is 0 Å². The lowest BCUT2D eigenvalue weighted by Gasteiger charge is -2.33. The summed E-state index contributed by atoms with van der Waals surface area (Å²) in [6.45, 7) is 0.967. The first kappa shape index (κ1) is 15.6. The fraction of sp³-hybridized carbons (Fsp3) is 0.438. The summed E-state index contributed by atoms with van der Waals surface area (Å²) in [4.78, 5) is 14.4. The number of benzene rings is 1. The van der Waals surface area contributed by atoms with Crippen LogP contribution in [0.4, 0.5) is 0 Å². The Hall–Kier alpha value is -2.25. The molecule has 0 saturated carbocycles. The molecule has 7 heteroatoms. The van der Waals surface area contributed by atoms with Gasteiger partial charge in [0, 0.05) is 24.3 Å². The minimum Gasteiger partial charge on any atom is -0.394 e. The molecule has 0 radical (unpaired) electrons. The highest BCUT2D eigenvalue weighted by Crippen LogP contribution is 2.22. The molecule has 23 heavy (non-hydrogen) atoms. The van der Waals surface area contributed by atoms with E-state index in [0.29, 0.717) is 31.5 Å². The second-order valence-corrected chi connectivity index (χ2v) is 5.80. The van der Waals surface area contributed by atoms with E-state index in [1.807, 2.05) is 18.2 Å². The Balaban J connectivity index is 1.68. The number of amides is 1. The zero-order valence-electron chi connectivity index (χ0n) is 12.7. The van der Waals surface area contributed by atoms with Gasteiger partial charge in [0.2, 0.25) is 0 Å². The van der Waals surface area contributed by atoms with Crippen LogP contribution in [0.3, 0.4) is 0 Å². The monoisotopic (exact) mass is 316 g/mol. The van der Waals surface area contributed by atoms with Crippen LogP contribution in [0.25, 0.3) is 5.69 Å². The molecule has 1 saturated heterocycles. The first-order chi connectivity index (χ1) is 11.2. The molecule has 1 aliphatic heterocycles. The van der Waals surface area contributed by atoms with Crippen molar-refractivity contribution in [3.8, 4) is 5.69 Å². The number of carbonyl (C=O) groups excluding carboxylic acids is 1. The molecule has 0 spiro atoms. The van der Waals surface area contributed by atoms with E-state index in [2.05, 4.69) is 10.2 Å². The molecule has 2 aromatic rings. The third kappa shape index (κ3) is 3.40. The molecule has 1 amide bonds. The molecule has 122 valence electrons. The minimum absolute atomic E-state index is 0.0168. The van der Waals surface area contributed by atoms with Gasteiger partial charge in [-0.3, -0.25) is 9.36 Å². The molecule has 1 aliphatic rings. The predicted molar refractivity (Wildman–Crippen MR) is 83.1 cm³/mol. The molecular formula is C16H20N4O3. The third-order valence-electron chi connectivity index (χ3n) is 4.37. The van der Waals surface area contributed by atoms with Gasteiger partial charge in [-0.15, -0.1) is 10.2 Å². The van der Waals surface area contributed by atoms with Crippen LogP contribution < -0.4 is 0 Å². The van der Waals surface area contributed by atoms with Gasteiger partial charge in [0.05, 0.1) is 12.7 Å². The Bertz CT molecular complexity index is 651. The molecule has 2 heterocycles. The van der Waals surface area contributed by atoms with E-state index in [4.69, 9.17) is 5.11 Å². The smallest absolute Gasteiger partial charge is 0.253 e. The van der Waals surface area contributed by atoms with Crippen LogP contribution in [0.5, 0.6) is 0 Å². The number of carbonyl (C=O) groups is 1. The van der Waals surface area contributed by atoms with Crippen molar-refractivity contribution in [2.24, 2.45) is 5.92 Å². The van der Waals surface area contributed by atoms with Crippen molar-refractivity contribution in [3.05, 3.63) is 42.5 Å². The molecule has 1 aromatic carbocycles. The van der Waals surface area contributed by atoms with Crippen molar-refractivity contribution >= 4 is 5.91 Å². The summed E-state index contributed by atoms with van der Waals surface area (Å²) >= 11 is 0. The van der Waals surface area contributed by atoms with E-state index in [9.17, 15) is 9.90 Å². The van der Waals surface area contributed by atoms with Crippen molar-refractivity contribution in [1.29, 1.82) is 0 Å². The Kier molecular flexibility index (Phi) is 4.68. The minimum atomic E-state index is -0.690. The quantitative estimate of drug-likeness (QED) is 0.856. The molecule has 3 rings (SSSR count). The zero-order valence-corrected chi connectivity index (χ0v) is 12.7.